The van der Waals surface area contributed by atoms with E-state index in [0.29, 0.717) is 11.3 Å². The molecule has 2 aromatic rings. The van der Waals surface area contributed by atoms with Crippen LogP contribution in [-0.2, 0) is 4.74 Å². The number of aryl methyl sites for hydroxylation is 1. The number of nitrogens with zero attached hydrogens (tertiary/aromatic N) is 2. The molecule has 7 nitrogen and oxygen atoms in total. The standard InChI is InChI=1S/C14H14N4O3/c1-9-7-12(19)17-14(16-9)18-15-8-10-3-5-11(6-4-10)13(20)21-2/h3-8H,1-2H3,(H2,16,17,18,19)/b15-8+. The van der Waals surface area contributed by atoms with E-state index in [9.17, 15) is 9.59 Å². The molecule has 1 aromatic carbocycles. The summed E-state index contributed by atoms with van der Waals surface area (Å²) < 4.78 is 4.61. The highest BCUT2D eigenvalue weighted by atomic mass is 16.5. The largest absolute Gasteiger partial charge is 0.465 e. The summed E-state index contributed by atoms with van der Waals surface area (Å²) in [7, 11) is 1.33. The van der Waals surface area contributed by atoms with E-state index in [0.717, 1.165) is 5.56 Å². The van der Waals surface area contributed by atoms with Crippen LogP contribution in [-0.4, -0.2) is 29.3 Å². The molecule has 0 spiro atoms. The highest BCUT2D eigenvalue weighted by Crippen LogP contribution is 2.04. The maximum absolute atomic E-state index is 11.3. The van der Waals surface area contributed by atoms with Crippen molar-refractivity contribution in [1.29, 1.82) is 0 Å². The van der Waals surface area contributed by atoms with Gasteiger partial charge in [0.15, 0.2) is 0 Å². The number of hydrogen-bond donors (Lipinski definition) is 2. The molecule has 0 aliphatic rings. The molecule has 1 aromatic heterocycles. The van der Waals surface area contributed by atoms with Gasteiger partial charge in [0.25, 0.3) is 5.56 Å². The van der Waals surface area contributed by atoms with Crippen LogP contribution in [0.15, 0.2) is 40.2 Å². The van der Waals surface area contributed by atoms with E-state index in [1.54, 1.807) is 37.4 Å². The van der Waals surface area contributed by atoms with Crippen LogP contribution >= 0.6 is 0 Å². The van der Waals surface area contributed by atoms with E-state index in [1.807, 2.05) is 0 Å². The summed E-state index contributed by atoms with van der Waals surface area (Å²) in [6.45, 7) is 1.72. The number of benzene rings is 1. The number of carbonyl (C=O) groups excluding carboxylic acids is 1. The number of rotatable bonds is 4. The first kappa shape index (κ1) is 14.4. The fourth-order valence-corrected chi connectivity index (χ4v) is 1.62. The molecule has 108 valence electrons. The number of esters is 1. The molecule has 7 heteroatoms. The Balaban J connectivity index is 2.04. The Labute approximate surface area is 120 Å². The zero-order valence-electron chi connectivity index (χ0n) is 11.6. The Morgan fingerprint density at radius 2 is 2.10 bits per heavy atom. The number of anilines is 1. The Kier molecular flexibility index (Phi) is 4.45. The van der Waals surface area contributed by atoms with Crippen molar-refractivity contribution in [2.75, 3.05) is 12.5 Å². The highest BCUT2D eigenvalue weighted by molar-refractivity contribution is 5.90. The van der Waals surface area contributed by atoms with Gasteiger partial charge in [-0.2, -0.15) is 5.10 Å². The average Bonchev–Trinajstić information content (AvgIpc) is 2.46. The highest BCUT2D eigenvalue weighted by Gasteiger charge is 2.03. The molecular formula is C14H14N4O3. The van der Waals surface area contributed by atoms with E-state index < -0.39 is 5.97 Å². The first-order chi connectivity index (χ1) is 10.1. The van der Waals surface area contributed by atoms with Crippen LogP contribution in [0.3, 0.4) is 0 Å². The van der Waals surface area contributed by atoms with Crippen molar-refractivity contribution in [3.05, 3.63) is 57.5 Å². The summed E-state index contributed by atoms with van der Waals surface area (Å²) >= 11 is 0. The topological polar surface area (TPSA) is 96.4 Å². The number of H-pyrrole nitrogens is 1. The molecule has 2 N–H and O–H groups in total. The number of hydrazone groups is 1. The first-order valence-corrected chi connectivity index (χ1v) is 6.14. The molecule has 0 amide bonds. The summed E-state index contributed by atoms with van der Waals surface area (Å²) in [6, 6.07) is 8.12. The van der Waals surface area contributed by atoms with E-state index in [1.165, 1.54) is 13.2 Å². The van der Waals surface area contributed by atoms with Crippen molar-refractivity contribution in [1.82, 2.24) is 9.97 Å². The number of ether oxygens (including phenoxy) is 1. The Morgan fingerprint density at radius 3 is 2.71 bits per heavy atom. The Hall–Kier alpha value is -2.96. The quantitative estimate of drug-likeness (QED) is 0.502. The zero-order valence-corrected chi connectivity index (χ0v) is 11.6. The third kappa shape index (κ3) is 4.00. The van der Waals surface area contributed by atoms with Gasteiger partial charge in [0.1, 0.15) is 0 Å². The SMILES string of the molecule is COC(=O)c1ccc(/C=N/Nc2nc(C)cc(=O)[nH]2)cc1. The molecule has 0 aliphatic carbocycles. The number of aromatic amines is 1. The molecule has 0 aliphatic heterocycles. The number of methoxy groups -OCH3 is 1. The van der Waals surface area contributed by atoms with Crippen molar-refractivity contribution in [2.45, 2.75) is 6.92 Å². The first-order valence-electron chi connectivity index (χ1n) is 6.14. The monoisotopic (exact) mass is 286 g/mol. The minimum Gasteiger partial charge on any atom is -0.465 e. The molecule has 21 heavy (non-hydrogen) atoms. The van der Waals surface area contributed by atoms with Gasteiger partial charge in [-0.1, -0.05) is 12.1 Å². The minimum atomic E-state index is -0.391. The summed E-state index contributed by atoms with van der Waals surface area (Å²) in [5.41, 5.74) is 4.23. The molecule has 0 bridgehead atoms. The normalized spacial score (nSPS) is 10.6. The molecule has 0 fully saturated rings. The lowest BCUT2D eigenvalue weighted by Gasteiger charge is -2.00. The molecular weight excluding hydrogens is 272 g/mol. The van der Waals surface area contributed by atoms with Gasteiger partial charge in [0, 0.05) is 11.8 Å². The number of carbonyl (C=O) groups is 1. The van der Waals surface area contributed by atoms with Crippen LogP contribution in [0.1, 0.15) is 21.6 Å². The maximum Gasteiger partial charge on any atom is 0.337 e. The zero-order chi connectivity index (χ0) is 15.2. The van der Waals surface area contributed by atoms with Gasteiger partial charge in [-0.3, -0.25) is 9.78 Å². The molecule has 2 rings (SSSR count). The smallest absolute Gasteiger partial charge is 0.337 e. The van der Waals surface area contributed by atoms with Crippen LogP contribution in [0.25, 0.3) is 0 Å². The number of nitrogens with one attached hydrogen (secondary N) is 2. The number of hydrogen-bond acceptors (Lipinski definition) is 6. The molecule has 0 radical (unpaired) electrons. The summed E-state index contributed by atoms with van der Waals surface area (Å²) in [5, 5.41) is 3.96. The van der Waals surface area contributed by atoms with Gasteiger partial charge in [-0.15, -0.1) is 0 Å². The minimum absolute atomic E-state index is 0.248. The lowest BCUT2D eigenvalue weighted by molar-refractivity contribution is 0.0600. The lowest BCUT2D eigenvalue weighted by atomic mass is 10.1. The van der Waals surface area contributed by atoms with E-state index >= 15 is 0 Å². The van der Waals surface area contributed by atoms with Crippen molar-refractivity contribution < 1.29 is 9.53 Å². The predicted molar refractivity (Wildman–Crippen MR) is 78.6 cm³/mol. The molecule has 0 saturated heterocycles. The van der Waals surface area contributed by atoms with Gasteiger partial charge in [-0.25, -0.2) is 15.2 Å². The van der Waals surface area contributed by atoms with Crippen LogP contribution in [0, 0.1) is 6.92 Å². The average molecular weight is 286 g/mol. The third-order valence-corrected chi connectivity index (χ3v) is 2.59. The molecule has 0 atom stereocenters. The second-order valence-electron chi connectivity index (χ2n) is 4.22. The predicted octanol–water partition coefficient (Wildman–Crippen LogP) is 1.31. The van der Waals surface area contributed by atoms with E-state index in [4.69, 9.17) is 0 Å². The Morgan fingerprint density at radius 1 is 1.38 bits per heavy atom. The van der Waals surface area contributed by atoms with Gasteiger partial charge >= 0.3 is 5.97 Å². The molecule has 1 heterocycles. The van der Waals surface area contributed by atoms with Crippen molar-refractivity contribution in [3.8, 4) is 0 Å². The van der Waals surface area contributed by atoms with E-state index in [-0.39, 0.29) is 11.5 Å². The lowest BCUT2D eigenvalue weighted by Crippen LogP contribution is -2.10. The van der Waals surface area contributed by atoms with Gasteiger partial charge in [0.05, 0.1) is 18.9 Å². The van der Waals surface area contributed by atoms with E-state index in [2.05, 4.69) is 25.2 Å². The maximum atomic E-state index is 11.3. The fourth-order valence-electron chi connectivity index (χ4n) is 1.62. The fraction of sp³-hybridized carbons (Fsp3) is 0.143. The second kappa shape index (κ2) is 6.47. The summed E-state index contributed by atoms with van der Waals surface area (Å²) in [6.07, 6.45) is 1.55. The van der Waals surface area contributed by atoms with Crippen molar-refractivity contribution in [2.24, 2.45) is 5.10 Å². The van der Waals surface area contributed by atoms with Crippen molar-refractivity contribution >= 4 is 18.1 Å². The third-order valence-electron chi connectivity index (χ3n) is 2.59. The number of aromatic nitrogens is 2. The molecule has 0 unspecified atom stereocenters. The van der Waals surface area contributed by atoms with Gasteiger partial charge in [-0.05, 0) is 24.6 Å². The van der Waals surface area contributed by atoms with Crippen LogP contribution in [0.2, 0.25) is 0 Å². The Bertz CT molecular complexity index is 720. The van der Waals surface area contributed by atoms with Crippen LogP contribution in [0.4, 0.5) is 5.95 Å². The second-order valence-corrected chi connectivity index (χ2v) is 4.22. The summed E-state index contributed by atoms with van der Waals surface area (Å²) in [5.74, 6) is -0.124. The van der Waals surface area contributed by atoms with Crippen molar-refractivity contribution in [3.63, 3.8) is 0 Å². The summed E-state index contributed by atoms with van der Waals surface area (Å²) in [4.78, 5) is 29.1. The van der Waals surface area contributed by atoms with Gasteiger partial charge < -0.3 is 4.74 Å². The molecule has 0 saturated carbocycles. The van der Waals surface area contributed by atoms with Gasteiger partial charge in [0.2, 0.25) is 5.95 Å². The van der Waals surface area contributed by atoms with Crippen LogP contribution < -0.4 is 11.0 Å². The van der Waals surface area contributed by atoms with Crippen LogP contribution in [0.5, 0.6) is 0 Å².